The lowest BCUT2D eigenvalue weighted by molar-refractivity contribution is -0.117. The van der Waals surface area contributed by atoms with Crippen LogP contribution in [0.3, 0.4) is 0 Å². The average molecular weight is 480 g/mol. The number of hydrogen-bond donors (Lipinski definition) is 1. The van der Waals surface area contributed by atoms with Crippen LogP contribution >= 0.6 is 11.3 Å². The van der Waals surface area contributed by atoms with Gasteiger partial charge >= 0.3 is 5.69 Å². The molecule has 1 unspecified atom stereocenters. The standard InChI is InChI=1S/C25H29N5O3S/c1-5-33-18-9-7-6-8-17(18)27-20(31)13-29-24(32)28-22-21-16-11-10-15(25(2,3)4)12-19(16)34-23(21)26-14-30(22)29/h6-9,14-15H,5,10-13H2,1-4H3,(H,27,31). The number of benzene rings is 1. The first-order valence-electron chi connectivity index (χ1n) is 11.7. The summed E-state index contributed by atoms with van der Waals surface area (Å²) >= 11 is 1.70. The molecule has 0 saturated carbocycles. The molecule has 0 bridgehead atoms. The Kier molecular flexibility index (Phi) is 5.67. The lowest BCUT2D eigenvalue weighted by Crippen LogP contribution is -2.28. The summed E-state index contributed by atoms with van der Waals surface area (Å²) in [5.41, 5.74) is 2.18. The fourth-order valence-corrected chi connectivity index (χ4v) is 6.02. The van der Waals surface area contributed by atoms with Crippen molar-refractivity contribution in [3.63, 3.8) is 0 Å². The Bertz CT molecular complexity index is 1440. The van der Waals surface area contributed by atoms with Gasteiger partial charge in [-0.15, -0.1) is 11.3 Å². The molecular weight excluding hydrogens is 450 g/mol. The normalized spacial score (nSPS) is 16.1. The first-order valence-corrected chi connectivity index (χ1v) is 12.5. The summed E-state index contributed by atoms with van der Waals surface area (Å²) < 4.78 is 8.52. The minimum Gasteiger partial charge on any atom is -0.492 e. The number of fused-ring (bicyclic) bond motifs is 5. The van der Waals surface area contributed by atoms with Gasteiger partial charge in [0.25, 0.3) is 0 Å². The molecule has 0 radical (unpaired) electrons. The minimum absolute atomic E-state index is 0.175. The Morgan fingerprint density at radius 3 is 2.85 bits per heavy atom. The monoisotopic (exact) mass is 479 g/mol. The van der Waals surface area contributed by atoms with E-state index in [2.05, 4.69) is 36.1 Å². The maximum absolute atomic E-state index is 12.8. The van der Waals surface area contributed by atoms with E-state index in [0.717, 1.165) is 29.5 Å². The van der Waals surface area contributed by atoms with Gasteiger partial charge in [-0.2, -0.15) is 4.98 Å². The number of nitrogens with zero attached hydrogens (tertiary/aromatic N) is 4. The molecule has 5 rings (SSSR count). The van der Waals surface area contributed by atoms with Crippen molar-refractivity contribution in [3.8, 4) is 5.75 Å². The van der Waals surface area contributed by atoms with Gasteiger partial charge in [0.05, 0.1) is 17.7 Å². The molecule has 0 spiro atoms. The summed E-state index contributed by atoms with van der Waals surface area (Å²) in [5.74, 6) is 0.870. The van der Waals surface area contributed by atoms with Crippen molar-refractivity contribution < 1.29 is 9.53 Å². The van der Waals surface area contributed by atoms with Crippen molar-refractivity contribution in [1.82, 2.24) is 19.2 Å². The van der Waals surface area contributed by atoms with E-state index < -0.39 is 5.69 Å². The summed E-state index contributed by atoms with van der Waals surface area (Å²) in [5, 5.41) is 3.80. The molecule has 34 heavy (non-hydrogen) atoms. The number of aromatic nitrogens is 4. The van der Waals surface area contributed by atoms with E-state index in [1.165, 1.54) is 15.1 Å². The maximum atomic E-state index is 12.8. The number of carbonyl (C=O) groups is 1. The quantitative estimate of drug-likeness (QED) is 0.461. The molecular formula is C25H29N5O3S. The number of anilines is 1. The molecule has 9 heteroatoms. The van der Waals surface area contributed by atoms with Gasteiger partial charge in [-0.25, -0.2) is 19.0 Å². The summed E-state index contributed by atoms with van der Waals surface area (Å²) in [4.78, 5) is 36.8. The molecule has 3 aromatic heterocycles. The number of aryl methyl sites for hydroxylation is 1. The topological polar surface area (TPSA) is 90.5 Å². The third kappa shape index (κ3) is 3.98. The molecule has 1 N–H and O–H groups in total. The Hall–Kier alpha value is -3.20. The first kappa shape index (κ1) is 22.6. The van der Waals surface area contributed by atoms with Crippen LogP contribution in [-0.2, 0) is 24.2 Å². The second kappa shape index (κ2) is 8.54. The van der Waals surface area contributed by atoms with Gasteiger partial charge < -0.3 is 10.1 Å². The Morgan fingerprint density at radius 1 is 1.29 bits per heavy atom. The highest BCUT2D eigenvalue weighted by Gasteiger charge is 2.32. The number of carbonyl (C=O) groups excluding carboxylic acids is 1. The molecule has 1 aromatic carbocycles. The predicted molar refractivity (Wildman–Crippen MR) is 134 cm³/mol. The van der Waals surface area contributed by atoms with Crippen LogP contribution in [0.15, 0.2) is 35.4 Å². The fraction of sp³-hybridized carbons (Fsp3) is 0.440. The van der Waals surface area contributed by atoms with Crippen LogP contribution in [0.5, 0.6) is 5.75 Å². The van der Waals surface area contributed by atoms with Crippen molar-refractivity contribution >= 4 is 38.8 Å². The third-order valence-corrected chi connectivity index (χ3v) is 7.80. The number of thiophene rings is 1. The molecule has 0 saturated heterocycles. The Labute approximate surface area is 201 Å². The molecule has 1 aliphatic rings. The molecule has 3 heterocycles. The lowest BCUT2D eigenvalue weighted by atomic mass is 9.72. The zero-order valence-corrected chi connectivity index (χ0v) is 20.7. The van der Waals surface area contributed by atoms with Crippen LogP contribution in [0.2, 0.25) is 0 Å². The highest BCUT2D eigenvalue weighted by Crippen LogP contribution is 2.43. The maximum Gasteiger partial charge on any atom is 0.365 e. The van der Waals surface area contributed by atoms with Gasteiger partial charge in [0.2, 0.25) is 5.91 Å². The van der Waals surface area contributed by atoms with E-state index in [1.54, 1.807) is 34.3 Å². The summed E-state index contributed by atoms with van der Waals surface area (Å²) in [6.07, 6.45) is 4.68. The van der Waals surface area contributed by atoms with E-state index in [0.29, 0.717) is 29.6 Å². The number of hydrogen-bond acceptors (Lipinski definition) is 6. The summed E-state index contributed by atoms with van der Waals surface area (Å²) in [6, 6.07) is 7.23. The van der Waals surface area contributed by atoms with E-state index >= 15 is 0 Å². The summed E-state index contributed by atoms with van der Waals surface area (Å²) in [7, 11) is 0. The molecule has 8 nitrogen and oxygen atoms in total. The van der Waals surface area contributed by atoms with Crippen molar-refractivity contribution in [3.05, 3.63) is 51.5 Å². The van der Waals surface area contributed by atoms with Crippen LogP contribution < -0.4 is 15.7 Å². The van der Waals surface area contributed by atoms with Crippen molar-refractivity contribution in [1.29, 1.82) is 0 Å². The fourth-order valence-electron chi connectivity index (χ4n) is 4.75. The predicted octanol–water partition coefficient (Wildman–Crippen LogP) is 4.29. The van der Waals surface area contributed by atoms with E-state index in [9.17, 15) is 9.59 Å². The number of amides is 1. The zero-order valence-electron chi connectivity index (χ0n) is 19.9. The number of para-hydroxylation sites is 2. The molecule has 0 aliphatic heterocycles. The third-order valence-electron chi connectivity index (χ3n) is 6.63. The van der Waals surface area contributed by atoms with Gasteiger partial charge in [-0.1, -0.05) is 32.9 Å². The van der Waals surface area contributed by atoms with Crippen LogP contribution in [0, 0.1) is 11.3 Å². The molecule has 1 amide bonds. The minimum atomic E-state index is -0.467. The molecule has 4 aromatic rings. The SMILES string of the molecule is CCOc1ccccc1NC(=O)Cn1c(=O)nc2c3c4c(sc3ncn21)CC(C(C)(C)C)CC4. The molecule has 1 atom stereocenters. The van der Waals surface area contributed by atoms with Crippen molar-refractivity contribution in [2.75, 3.05) is 11.9 Å². The van der Waals surface area contributed by atoms with E-state index in [4.69, 9.17) is 4.74 Å². The van der Waals surface area contributed by atoms with Crippen molar-refractivity contribution in [2.45, 2.75) is 53.5 Å². The molecule has 178 valence electrons. The largest absolute Gasteiger partial charge is 0.492 e. The smallest absolute Gasteiger partial charge is 0.365 e. The number of rotatable bonds is 5. The summed E-state index contributed by atoms with van der Waals surface area (Å²) in [6.45, 7) is 9.09. The van der Waals surface area contributed by atoms with Crippen LogP contribution in [0.25, 0.3) is 15.9 Å². The van der Waals surface area contributed by atoms with Crippen molar-refractivity contribution in [2.24, 2.45) is 11.3 Å². The molecule has 1 aliphatic carbocycles. The second-order valence-corrected chi connectivity index (χ2v) is 10.9. The van der Waals surface area contributed by atoms with Crippen LogP contribution in [0.1, 0.15) is 44.6 Å². The highest BCUT2D eigenvalue weighted by molar-refractivity contribution is 7.19. The van der Waals surface area contributed by atoms with Gasteiger partial charge in [-0.05, 0) is 55.2 Å². The Balaban J connectivity index is 1.48. The van der Waals surface area contributed by atoms with Gasteiger partial charge in [0.1, 0.15) is 23.5 Å². The van der Waals surface area contributed by atoms with Gasteiger partial charge in [-0.3, -0.25) is 4.79 Å². The second-order valence-electron chi connectivity index (χ2n) is 9.83. The Morgan fingerprint density at radius 2 is 2.09 bits per heavy atom. The van der Waals surface area contributed by atoms with Gasteiger partial charge in [0.15, 0.2) is 5.65 Å². The van der Waals surface area contributed by atoms with E-state index in [-0.39, 0.29) is 17.9 Å². The lowest BCUT2D eigenvalue weighted by Gasteiger charge is -2.33. The molecule has 0 fully saturated rings. The average Bonchev–Trinajstić information content (AvgIpc) is 3.31. The van der Waals surface area contributed by atoms with Crippen LogP contribution in [-0.4, -0.2) is 31.7 Å². The highest BCUT2D eigenvalue weighted by atomic mass is 32.1. The van der Waals surface area contributed by atoms with E-state index in [1.807, 2.05) is 19.1 Å². The number of ether oxygens (including phenoxy) is 1. The van der Waals surface area contributed by atoms with Crippen LogP contribution in [0.4, 0.5) is 5.69 Å². The number of nitrogens with one attached hydrogen (secondary N) is 1. The zero-order chi connectivity index (χ0) is 24.0. The first-order chi connectivity index (χ1) is 16.3. The van der Waals surface area contributed by atoms with Gasteiger partial charge in [0, 0.05) is 4.88 Å².